The molecule has 31 heavy (non-hydrogen) atoms. The molecule has 1 atom stereocenters. The van der Waals surface area contributed by atoms with E-state index in [1.165, 1.54) is 24.3 Å². The van der Waals surface area contributed by atoms with E-state index in [2.05, 4.69) is 10.3 Å². The van der Waals surface area contributed by atoms with Gasteiger partial charge in [-0.05, 0) is 56.0 Å². The highest BCUT2D eigenvalue weighted by atomic mass is 19.1. The Kier molecular flexibility index (Phi) is 5.97. The molecule has 2 aliphatic heterocycles. The summed E-state index contributed by atoms with van der Waals surface area (Å²) in [5.41, 5.74) is 1.59. The predicted molar refractivity (Wildman–Crippen MR) is 113 cm³/mol. The molecule has 0 radical (unpaired) electrons. The van der Waals surface area contributed by atoms with E-state index in [0.717, 1.165) is 12.8 Å². The fourth-order valence-electron chi connectivity index (χ4n) is 3.81. The Morgan fingerprint density at radius 2 is 2.10 bits per heavy atom. The molecule has 1 saturated heterocycles. The number of hydrogen-bond donors (Lipinski definition) is 1. The molecule has 1 fully saturated rings. The average molecular weight is 427 g/mol. The van der Waals surface area contributed by atoms with Gasteiger partial charge in [-0.15, -0.1) is 0 Å². The molecule has 162 valence electrons. The number of carbonyl (C=O) groups excluding carboxylic acids is 2. The first-order valence-corrected chi connectivity index (χ1v) is 10.3. The normalized spacial score (nSPS) is 17.2. The average Bonchev–Trinajstić information content (AvgIpc) is 3.17. The summed E-state index contributed by atoms with van der Waals surface area (Å²) in [4.78, 5) is 30.8. The van der Waals surface area contributed by atoms with Crippen LogP contribution in [0.25, 0.3) is 0 Å². The number of hydrogen-bond acceptors (Lipinski definition) is 4. The Bertz CT molecular complexity index is 1050. The lowest BCUT2D eigenvalue weighted by Crippen LogP contribution is -2.35. The van der Waals surface area contributed by atoms with Crippen LogP contribution in [0.2, 0.25) is 0 Å². The van der Waals surface area contributed by atoms with Crippen molar-refractivity contribution in [3.8, 4) is 5.75 Å². The molecule has 8 heteroatoms. The number of amides is 2. The predicted octanol–water partition coefficient (Wildman–Crippen LogP) is 4.39. The van der Waals surface area contributed by atoms with Gasteiger partial charge in [0.1, 0.15) is 5.82 Å². The zero-order valence-corrected chi connectivity index (χ0v) is 17.2. The highest BCUT2D eigenvalue weighted by Crippen LogP contribution is 2.33. The van der Waals surface area contributed by atoms with E-state index in [1.54, 1.807) is 24.1 Å². The summed E-state index contributed by atoms with van der Waals surface area (Å²) >= 11 is 0. The monoisotopic (exact) mass is 427 g/mol. The molecular formula is C23H23F2N3O3. The molecule has 0 aliphatic carbocycles. The van der Waals surface area contributed by atoms with Crippen molar-refractivity contribution < 1.29 is 23.1 Å². The zero-order valence-electron chi connectivity index (χ0n) is 17.2. The summed E-state index contributed by atoms with van der Waals surface area (Å²) in [7, 11) is 0. The van der Waals surface area contributed by atoms with Crippen molar-refractivity contribution in [1.29, 1.82) is 0 Å². The number of aryl methyl sites for hydroxylation is 1. The fourth-order valence-corrected chi connectivity index (χ4v) is 3.81. The summed E-state index contributed by atoms with van der Waals surface area (Å²) in [6.07, 6.45) is 4.03. The van der Waals surface area contributed by atoms with Crippen LogP contribution in [-0.2, 0) is 4.79 Å². The standard InChI is InChI=1S/C23H23F2N3O3/c1-14-10-15(6-7-18(14)24)27-22(29)5-3-9-31-21-12-20-17(11-19(21)25)23(30)28-8-2-4-16(28)13-26-20/h6-7,10-13,16H,2-5,8-9H2,1H3,(H,27,29). The molecule has 2 heterocycles. The van der Waals surface area contributed by atoms with E-state index in [-0.39, 0.29) is 48.0 Å². The number of ether oxygens (including phenoxy) is 1. The number of benzene rings is 2. The largest absolute Gasteiger partial charge is 0.490 e. The number of rotatable bonds is 6. The number of nitrogens with zero attached hydrogens (tertiary/aromatic N) is 2. The second-order valence-electron chi connectivity index (χ2n) is 7.75. The van der Waals surface area contributed by atoms with Crippen molar-refractivity contribution in [3.63, 3.8) is 0 Å². The smallest absolute Gasteiger partial charge is 0.256 e. The number of nitrogens with one attached hydrogen (secondary N) is 1. The third-order valence-electron chi connectivity index (χ3n) is 5.47. The maximum Gasteiger partial charge on any atom is 0.256 e. The van der Waals surface area contributed by atoms with E-state index in [9.17, 15) is 18.4 Å². The van der Waals surface area contributed by atoms with Crippen LogP contribution in [0.4, 0.5) is 20.2 Å². The van der Waals surface area contributed by atoms with Crippen molar-refractivity contribution in [1.82, 2.24) is 4.90 Å². The first-order chi connectivity index (χ1) is 14.9. The molecule has 0 bridgehead atoms. The Balaban J connectivity index is 1.33. The third-order valence-corrected chi connectivity index (χ3v) is 5.47. The maximum absolute atomic E-state index is 14.5. The Hall–Kier alpha value is -3.29. The highest BCUT2D eigenvalue weighted by molar-refractivity contribution is 6.03. The summed E-state index contributed by atoms with van der Waals surface area (Å²) in [5.74, 6) is -1.42. The van der Waals surface area contributed by atoms with E-state index in [1.807, 2.05) is 0 Å². The third kappa shape index (κ3) is 4.57. The van der Waals surface area contributed by atoms with Crippen LogP contribution in [0.15, 0.2) is 35.3 Å². The maximum atomic E-state index is 14.5. The van der Waals surface area contributed by atoms with Gasteiger partial charge in [-0.25, -0.2) is 8.78 Å². The van der Waals surface area contributed by atoms with Gasteiger partial charge in [0, 0.05) is 30.9 Å². The van der Waals surface area contributed by atoms with Gasteiger partial charge in [-0.3, -0.25) is 14.6 Å². The Labute approximate surface area is 178 Å². The van der Waals surface area contributed by atoms with E-state index in [0.29, 0.717) is 29.9 Å². The van der Waals surface area contributed by atoms with Gasteiger partial charge in [0.05, 0.1) is 23.9 Å². The fraction of sp³-hybridized carbons (Fsp3) is 0.348. The van der Waals surface area contributed by atoms with Crippen LogP contribution in [0.1, 0.15) is 41.6 Å². The highest BCUT2D eigenvalue weighted by Gasteiger charge is 2.32. The van der Waals surface area contributed by atoms with Gasteiger partial charge in [-0.1, -0.05) is 0 Å². The lowest BCUT2D eigenvalue weighted by molar-refractivity contribution is -0.116. The van der Waals surface area contributed by atoms with Crippen LogP contribution in [-0.4, -0.2) is 42.1 Å². The molecule has 2 aliphatic rings. The zero-order chi connectivity index (χ0) is 22.0. The minimum atomic E-state index is -0.633. The summed E-state index contributed by atoms with van der Waals surface area (Å²) in [5, 5.41) is 2.70. The molecule has 1 N–H and O–H groups in total. The van der Waals surface area contributed by atoms with Crippen molar-refractivity contribution in [2.45, 2.75) is 38.6 Å². The summed E-state index contributed by atoms with van der Waals surface area (Å²) in [6, 6.07) is 6.91. The topological polar surface area (TPSA) is 71.0 Å². The van der Waals surface area contributed by atoms with Gasteiger partial charge in [-0.2, -0.15) is 0 Å². The minimum Gasteiger partial charge on any atom is -0.490 e. The van der Waals surface area contributed by atoms with E-state index < -0.39 is 5.82 Å². The van der Waals surface area contributed by atoms with Crippen LogP contribution >= 0.6 is 0 Å². The molecule has 4 rings (SSSR count). The van der Waals surface area contributed by atoms with Crippen LogP contribution < -0.4 is 10.1 Å². The van der Waals surface area contributed by atoms with Crippen molar-refractivity contribution in [2.75, 3.05) is 18.5 Å². The Morgan fingerprint density at radius 1 is 1.26 bits per heavy atom. The van der Waals surface area contributed by atoms with Crippen LogP contribution in [0.3, 0.4) is 0 Å². The molecule has 6 nitrogen and oxygen atoms in total. The number of aliphatic imine (C=N–C) groups is 1. The molecule has 2 aromatic carbocycles. The molecule has 0 aromatic heterocycles. The van der Waals surface area contributed by atoms with Crippen LogP contribution in [0.5, 0.6) is 5.75 Å². The number of halogens is 2. The second-order valence-corrected chi connectivity index (χ2v) is 7.75. The lowest BCUT2D eigenvalue weighted by Gasteiger charge is -2.20. The van der Waals surface area contributed by atoms with Gasteiger partial charge >= 0.3 is 0 Å². The molecule has 2 amide bonds. The molecule has 0 spiro atoms. The van der Waals surface area contributed by atoms with Crippen molar-refractivity contribution in [3.05, 3.63) is 53.1 Å². The van der Waals surface area contributed by atoms with E-state index >= 15 is 0 Å². The SMILES string of the molecule is Cc1cc(NC(=O)CCCOc2cc3c(cc2F)C(=O)N2CCCC2C=N3)ccc1F. The van der Waals surface area contributed by atoms with Gasteiger partial charge in [0.25, 0.3) is 5.91 Å². The van der Waals surface area contributed by atoms with Gasteiger partial charge in [0.15, 0.2) is 11.6 Å². The summed E-state index contributed by atoms with van der Waals surface area (Å²) in [6.45, 7) is 2.39. The summed E-state index contributed by atoms with van der Waals surface area (Å²) < 4.78 is 33.3. The minimum absolute atomic E-state index is 0.000303. The van der Waals surface area contributed by atoms with E-state index in [4.69, 9.17) is 4.74 Å². The number of anilines is 1. The van der Waals surface area contributed by atoms with Gasteiger partial charge in [0.2, 0.25) is 5.91 Å². The van der Waals surface area contributed by atoms with Crippen molar-refractivity contribution in [2.24, 2.45) is 4.99 Å². The number of carbonyl (C=O) groups is 2. The molecular weight excluding hydrogens is 404 g/mol. The van der Waals surface area contributed by atoms with Crippen molar-refractivity contribution >= 4 is 29.4 Å². The second kappa shape index (κ2) is 8.83. The molecule has 0 saturated carbocycles. The molecule has 1 unspecified atom stereocenters. The quantitative estimate of drug-likeness (QED) is 0.695. The Morgan fingerprint density at radius 3 is 2.90 bits per heavy atom. The first-order valence-electron chi connectivity index (χ1n) is 10.3. The van der Waals surface area contributed by atoms with Gasteiger partial charge < -0.3 is 15.0 Å². The first kappa shape index (κ1) is 21.0. The van der Waals surface area contributed by atoms with Crippen LogP contribution in [0, 0.1) is 18.6 Å². The number of fused-ring (bicyclic) bond motifs is 2. The molecule has 2 aromatic rings. The lowest BCUT2D eigenvalue weighted by atomic mass is 10.1.